The number of benzene rings is 2. The summed E-state index contributed by atoms with van der Waals surface area (Å²) in [5.41, 5.74) is 1.47. The summed E-state index contributed by atoms with van der Waals surface area (Å²) in [7, 11) is 0. The lowest BCUT2D eigenvalue weighted by molar-refractivity contribution is -0.134. The summed E-state index contributed by atoms with van der Waals surface area (Å²) in [5, 5.41) is 3.10. The van der Waals surface area contributed by atoms with E-state index >= 15 is 0 Å². The number of ether oxygens (including phenoxy) is 1. The summed E-state index contributed by atoms with van der Waals surface area (Å²) in [4.78, 5) is 27.1. The fraction of sp³-hybridized carbons (Fsp3) is 0.360. The van der Waals surface area contributed by atoms with Crippen molar-refractivity contribution in [3.63, 3.8) is 0 Å². The molecule has 0 aliphatic carbocycles. The van der Waals surface area contributed by atoms with Crippen LogP contribution in [0.4, 0.5) is 0 Å². The Labute approximate surface area is 178 Å². The molecule has 1 N–H and O–H groups in total. The van der Waals surface area contributed by atoms with Gasteiger partial charge >= 0.3 is 0 Å². The number of nitrogens with zero attached hydrogens (tertiary/aromatic N) is 1. The van der Waals surface area contributed by atoms with Crippen molar-refractivity contribution >= 4 is 11.8 Å². The van der Waals surface area contributed by atoms with Gasteiger partial charge in [-0.2, -0.15) is 0 Å². The van der Waals surface area contributed by atoms with Crippen LogP contribution >= 0.6 is 0 Å². The van der Waals surface area contributed by atoms with Gasteiger partial charge < -0.3 is 15.0 Å². The minimum absolute atomic E-state index is 0.0147. The van der Waals surface area contributed by atoms with Crippen LogP contribution in [0, 0.1) is 6.92 Å². The zero-order chi connectivity index (χ0) is 21.6. The van der Waals surface area contributed by atoms with Crippen molar-refractivity contribution in [2.75, 3.05) is 19.6 Å². The molecule has 5 nitrogen and oxygen atoms in total. The lowest BCUT2D eigenvalue weighted by Crippen LogP contribution is -2.53. The van der Waals surface area contributed by atoms with Gasteiger partial charge in [-0.05, 0) is 56.0 Å². The smallest absolute Gasteiger partial charge is 0.245 e. The first-order valence-corrected chi connectivity index (χ1v) is 10.4. The van der Waals surface area contributed by atoms with Crippen LogP contribution in [0.5, 0.6) is 5.75 Å². The van der Waals surface area contributed by atoms with Gasteiger partial charge in [0, 0.05) is 13.1 Å². The molecule has 5 heteroatoms. The molecule has 0 spiro atoms. The molecule has 30 heavy (non-hydrogen) atoms. The first-order chi connectivity index (χ1) is 14.4. The Bertz CT molecular complexity index is 886. The van der Waals surface area contributed by atoms with Crippen LogP contribution in [-0.4, -0.2) is 42.5 Å². The molecule has 3 rings (SSSR count). The Balaban J connectivity index is 1.69. The minimum atomic E-state index is -0.651. The second-order valence-electron chi connectivity index (χ2n) is 7.93. The molecule has 1 atom stereocenters. The zero-order valence-corrected chi connectivity index (χ0v) is 17.8. The van der Waals surface area contributed by atoms with Gasteiger partial charge in [0.1, 0.15) is 11.9 Å². The maximum absolute atomic E-state index is 13.4. The van der Waals surface area contributed by atoms with Crippen molar-refractivity contribution in [3.8, 4) is 5.75 Å². The molecule has 1 fully saturated rings. The molecule has 158 valence electrons. The number of hydrogen-bond acceptors (Lipinski definition) is 3. The molecule has 2 aromatic carbocycles. The van der Waals surface area contributed by atoms with Crippen LogP contribution in [0.15, 0.2) is 67.3 Å². The van der Waals surface area contributed by atoms with Crippen molar-refractivity contribution in [2.45, 2.75) is 38.2 Å². The number of piperidine rings is 1. The third-order valence-electron chi connectivity index (χ3n) is 5.74. The highest BCUT2D eigenvalue weighted by molar-refractivity contribution is 5.90. The van der Waals surface area contributed by atoms with E-state index in [0.29, 0.717) is 32.5 Å². The van der Waals surface area contributed by atoms with E-state index in [9.17, 15) is 9.59 Å². The summed E-state index contributed by atoms with van der Waals surface area (Å²) in [6.07, 6.45) is 2.33. The van der Waals surface area contributed by atoms with Gasteiger partial charge in [0.2, 0.25) is 11.8 Å². The second kappa shape index (κ2) is 9.61. The maximum Gasteiger partial charge on any atom is 0.245 e. The van der Waals surface area contributed by atoms with Gasteiger partial charge in [-0.3, -0.25) is 9.59 Å². The van der Waals surface area contributed by atoms with Crippen molar-refractivity contribution in [1.82, 2.24) is 10.2 Å². The third kappa shape index (κ3) is 4.90. The predicted molar refractivity (Wildman–Crippen MR) is 118 cm³/mol. The number of carbonyl (C=O) groups is 2. The SMILES string of the molecule is C=CC(=O)N1CCC(C(=O)NCC(C)Oc2cccc(C)c2)(c2ccccc2)CC1. The molecule has 1 aliphatic rings. The number of hydrogen-bond donors (Lipinski definition) is 1. The number of likely N-dealkylation sites (tertiary alicyclic amines) is 1. The number of nitrogens with one attached hydrogen (secondary N) is 1. The van der Waals surface area contributed by atoms with Gasteiger partial charge in [-0.15, -0.1) is 0 Å². The van der Waals surface area contributed by atoms with E-state index in [1.165, 1.54) is 6.08 Å². The standard InChI is InChI=1S/C25H30N2O3/c1-4-23(28)27-15-13-25(14-16-27,21-10-6-5-7-11-21)24(29)26-18-20(3)30-22-12-8-9-19(2)17-22/h4-12,17,20H,1,13-16,18H2,2-3H3,(H,26,29). The summed E-state index contributed by atoms with van der Waals surface area (Å²) in [6, 6.07) is 17.7. The number of rotatable bonds is 7. The number of amides is 2. The first kappa shape index (κ1) is 21.6. The largest absolute Gasteiger partial charge is 0.489 e. The lowest BCUT2D eigenvalue weighted by Gasteiger charge is -2.41. The van der Waals surface area contributed by atoms with E-state index in [2.05, 4.69) is 11.9 Å². The fourth-order valence-corrected chi connectivity index (χ4v) is 4.01. The number of aryl methyl sites for hydroxylation is 1. The lowest BCUT2D eigenvalue weighted by atomic mass is 9.72. The summed E-state index contributed by atoms with van der Waals surface area (Å²) >= 11 is 0. The molecule has 1 aliphatic heterocycles. The van der Waals surface area contributed by atoms with Gasteiger partial charge in [0.05, 0.1) is 12.0 Å². The Morgan fingerprint density at radius 3 is 2.50 bits per heavy atom. The highest BCUT2D eigenvalue weighted by Gasteiger charge is 2.43. The molecule has 2 aromatic rings. The Hall–Kier alpha value is -3.08. The Morgan fingerprint density at radius 2 is 1.87 bits per heavy atom. The van der Waals surface area contributed by atoms with Gasteiger partial charge in [0.15, 0.2) is 0 Å². The Morgan fingerprint density at radius 1 is 1.17 bits per heavy atom. The van der Waals surface area contributed by atoms with Crippen LogP contribution in [0.25, 0.3) is 0 Å². The Kier molecular flexibility index (Phi) is 6.93. The van der Waals surface area contributed by atoms with Gasteiger partial charge in [0.25, 0.3) is 0 Å². The van der Waals surface area contributed by atoms with Crippen LogP contribution in [0.3, 0.4) is 0 Å². The number of carbonyl (C=O) groups excluding carboxylic acids is 2. The van der Waals surface area contributed by atoms with E-state index in [-0.39, 0.29) is 17.9 Å². The van der Waals surface area contributed by atoms with Gasteiger partial charge in [-0.1, -0.05) is 49.0 Å². The molecule has 2 amide bonds. The van der Waals surface area contributed by atoms with Crippen molar-refractivity contribution in [2.24, 2.45) is 0 Å². The quantitative estimate of drug-likeness (QED) is 0.715. The predicted octanol–water partition coefficient (Wildman–Crippen LogP) is 3.62. The summed E-state index contributed by atoms with van der Waals surface area (Å²) < 4.78 is 5.96. The average Bonchev–Trinajstić information content (AvgIpc) is 2.77. The summed E-state index contributed by atoms with van der Waals surface area (Å²) in [5.74, 6) is 0.696. The second-order valence-corrected chi connectivity index (χ2v) is 7.93. The normalized spacial score (nSPS) is 16.4. The third-order valence-corrected chi connectivity index (χ3v) is 5.74. The van der Waals surface area contributed by atoms with Crippen molar-refractivity contribution in [1.29, 1.82) is 0 Å². The van der Waals surface area contributed by atoms with Crippen LogP contribution in [0.2, 0.25) is 0 Å². The monoisotopic (exact) mass is 406 g/mol. The van der Waals surface area contributed by atoms with Gasteiger partial charge in [-0.25, -0.2) is 0 Å². The van der Waals surface area contributed by atoms with E-state index in [1.807, 2.05) is 68.4 Å². The van der Waals surface area contributed by atoms with E-state index in [1.54, 1.807) is 4.90 Å². The average molecular weight is 407 g/mol. The van der Waals surface area contributed by atoms with Crippen molar-refractivity contribution < 1.29 is 14.3 Å². The molecule has 0 aromatic heterocycles. The zero-order valence-electron chi connectivity index (χ0n) is 17.8. The minimum Gasteiger partial charge on any atom is -0.489 e. The maximum atomic E-state index is 13.4. The molecule has 1 unspecified atom stereocenters. The van der Waals surface area contributed by atoms with Crippen molar-refractivity contribution in [3.05, 3.63) is 78.4 Å². The molecular weight excluding hydrogens is 376 g/mol. The van der Waals surface area contributed by atoms with E-state index < -0.39 is 5.41 Å². The van der Waals surface area contributed by atoms with E-state index in [4.69, 9.17) is 4.74 Å². The molecule has 0 radical (unpaired) electrons. The molecule has 0 bridgehead atoms. The summed E-state index contributed by atoms with van der Waals surface area (Å²) in [6.45, 7) is 9.01. The fourth-order valence-electron chi connectivity index (χ4n) is 4.01. The van der Waals surface area contributed by atoms with Crippen LogP contribution in [0.1, 0.15) is 30.9 Å². The molecule has 1 saturated heterocycles. The van der Waals surface area contributed by atoms with Crippen LogP contribution in [-0.2, 0) is 15.0 Å². The highest BCUT2D eigenvalue weighted by Crippen LogP contribution is 2.36. The molecule has 0 saturated carbocycles. The topological polar surface area (TPSA) is 58.6 Å². The molecular formula is C25H30N2O3. The first-order valence-electron chi connectivity index (χ1n) is 10.4. The van der Waals surface area contributed by atoms with Crippen LogP contribution < -0.4 is 10.1 Å². The van der Waals surface area contributed by atoms with E-state index in [0.717, 1.165) is 16.9 Å². The highest BCUT2D eigenvalue weighted by atomic mass is 16.5. The molecule has 1 heterocycles.